The van der Waals surface area contributed by atoms with E-state index in [9.17, 15) is 4.79 Å². The second-order valence-corrected chi connectivity index (χ2v) is 5.54. The number of nitrogens with one attached hydrogen (secondary N) is 1. The predicted octanol–water partition coefficient (Wildman–Crippen LogP) is 1.99. The summed E-state index contributed by atoms with van der Waals surface area (Å²) < 4.78 is 5.35. The van der Waals surface area contributed by atoms with Gasteiger partial charge in [-0.25, -0.2) is 4.79 Å². The van der Waals surface area contributed by atoms with Crippen LogP contribution in [0.1, 0.15) is 40.0 Å². The van der Waals surface area contributed by atoms with Crippen molar-refractivity contribution in [2.75, 3.05) is 14.1 Å². The highest BCUT2D eigenvalue weighted by Gasteiger charge is 2.31. The summed E-state index contributed by atoms with van der Waals surface area (Å²) in [7, 11) is 3.80. The van der Waals surface area contributed by atoms with Gasteiger partial charge in [0.05, 0.1) is 0 Å². The molecule has 1 aliphatic carbocycles. The molecule has 0 saturated heterocycles. The lowest BCUT2D eigenvalue weighted by Gasteiger charge is -2.28. The van der Waals surface area contributed by atoms with Crippen LogP contribution in [-0.4, -0.2) is 42.8 Å². The zero-order valence-corrected chi connectivity index (χ0v) is 11.0. The molecular weight excluding hydrogens is 204 g/mol. The van der Waals surface area contributed by atoms with Crippen molar-refractivity contribution in [3.63, 3.8) is 0 Å². The zero-order valence-electron chi connectivity index (χ0n) is 11.0. The lowest BCUT2D eigenvalue weighted by Crippen LogP contribution is -2.40. The molecule has 4 heteroatoms. The molecule has 1 aliphatic rings. The molecule has 0 bridgehead atoms. The van der Waals surface area contributed by atoms with Crippen molar-refractivity contribution in [2.24, 2.45) is 0 Å². The van der Waals surface area contributed by atoms with Gasteiger partial charge in [-0.3, -0.25) is 0 Å². The fourth-order valence-electron chi connectivity index (χ4n) is 2.05. The van der Waals surface area contributed by atoms with Gasteiger partial charge >= 0.3 is 6.09 Å². The van der Waals surface area contributed by atoms with Gasteiger partial charge < -0.3 is 15.0 Å². The second kappa shape index (κ2) is 5.04. The maximum atomic E-state index is 11.8. The first-order valence-electron chi connectivity index (χ1n) is 5.96. The van der Waals surface area contributed by atoms with Crippen LogP contribution in [0.5, 0.6) is 0 Å². The van der Waals surface area contributed by atoms with Crippen molar-refractivity contribution < 1.29 is 9.53 Å². The van der Waals surface area contributed by atoms with Crippen molar-refractivity contribution >= 4 is 6.09 Å². The molecule has 1 N–H and O–H groups in total. The molecule has 0 aliphatic heterocycles. The fourth-order valence-corrected chi connectivity index (χ4v) is 2.05. The van der Waals surface area contributed by atoms with Gasteiger partial charge in [-0.2, -0.15) is 0 Å². The largest absolute Gasteiger partial charge is 0.444 e. The lowest BCUT2D eigenvalue weighted by atomic mass is 10.2. The molecule has 0 aromatic heterocycles. The SMILES string of the molecule is CNC1CCC(N(C)C(=O)OC(C)(C)C)C1. The van der Waals surface area contributed by atoms with Crippen molar-refractivity contribution in [2.45, 2.75) is 57.7 Å². The Labute approximate surface area is 98.3 Å². The lowest BCUT2D eigenvalue weighted by molar-refractivity contribution is 0.0225. The van der Waals surface area contributed by atoms with Gasteiger partial charge in [0.15, 0.2) is 0 Å². The number of carbonyl (C=O) groups excluding carboxylic acids is 1. The summed E-state index contributed by atoms with van der Waals surface area (Å²) in [5.74, 6) is 0. The normalized spacial score (nSPS) is 25.6. The minimum Gasteiger partial charge on any atom is -0.444 e. The maximum absolute atomic E-state index is 11.8. The third-order valence-corrected chi connectivity index (χ3v) is 3.04. The number of carbonyl (C=O) groups is 1. The molecule has 2 atom stereocenters. The summed E-state index contributed by atoms with van der Waals surface area (Å²) in [4.78, 5) is 13.6. The standard InChI is InChI=1S/C12H24N2O2/c1-12(2,3)16-11(15)14(5)10-7-6-9(8-10)13-4/h9-10,13H,6-8H2,1-5H3. The third-order valence-electron chi connectivity index (χ3n) is 3.04. The Kier molecular flexibility index (Phi) is 4.19. The zero-order chi connectivity index (χ0) is 12.3. The van der Waals surface area contributed by atoms with Gasteiger partial charge in [-0.15, -0.1) is 0 Å². The van der Waals surface area contributed by atoms with Gasteiger partial charge in [-0.05, 0) is 47.1 Å². The monoisotopic (exact) mass is 228 g/mol. The van der Waals surface area contributed by atoms with Gasteiger partial charge in [0, 0.05) is 19.1 Å². The van der Waals surface area contributed by atoms with Crippen molar-refractivity contribution in [3.05, 3.63) is 0 Å². The first-order valence-corrected chi connectivity index (χ1v) is 5.96. The molecule has 16 heavy (non-hydrogen) atoms. The van der Waals surface area contributed by atoms with E-state index in [0.717, 1.165) is 19.3 Å². The Morgan fingerprint density at radius 1 is 1.38 bits per heavy atom. The van der Waals surface area contributed by atoms with Crippen LogP contribution in [0.2, 0.25) is 0 Å². The van der Waals surface area contributed by atoms with Crippen LogP contribution < -0.4 is 5.32 Å². The van der Waals surface area contributed by atoms with Crippen LogP contribution in [0.3, 0.4) is 0 Å². The van der Waals surface area contributed by atoms with E-state index in [2.05, 4.69) is 5.32 Å². The van der Waals surface area contributed by atoms with Gasteiger partial charge in [0.25, 0.3) is 0 Å². The number of hydrogen-bond acceptors (Lipinski definition) is 3. The molecule has 0 aromatic rings. The number of amides is 1. The van der Waals surface area contributed by atoms with Crippen molar-refractivity contribution in [1.29, 1.82) is 0 Å². The van der Waals surface area contributed by atoms with Crippen molar-refractivity contribution in [1.82, 2.24) is 10.2 Å². The van der Waals surface area contributed by atoms with Crippen LogP contribution in [0.15, 0.2) is 0 Å². The number of hydrogen-bond donors (Lipinski definition) is 1. The molecule has 94 valence electrons. The topological polar surface area (TPSA) is 41.6 Å². The van der Waals surface area contributed by atoms with E-state index in [1.807, 2.05) is 34.9 Å². The quantitative estimate of drug-likeness (QED) is 0.786. The molecule has 0 spiro atoms. The molecule has 0 heterocycles. The van der Waals surface area contributed by atoms with Crippen LogP contribution >= 0.6 is 0 Å². The summed E-state index contributed by atoms with van der Waals surface area (Å²) in [6.07, 6.45) is 3.00. The first-order chi connectivity index (χ1) is 7.33. The van der Waals surface area contributed by atoms with E-state index in [0.29, 0.717) is 12.1 Å². The van der Waals surface area contributed by atoms with Crippen LogP contribution in [0.25, 0.3) is 0 Å². The Morgan fingerprint density at radius 2 is 2.00 bits per heavy atom. The van der Waals surface area contributed by atoms with E-state index in [1.165, 1.54) is 0 Å². The van der Waals surface area contributed by atoms with Crippen LogP contribution in [0.4, 0.5) is 4.79 Å². The average molecular weight is 228 g/mol. The van der Waals surface area contributed by atoms with Crippen LogP contribution in [0, 0.1) is 0 Å². The number of ether oxygens (including phenoxy) is 1. The molecule has 4 nitrogen and oxygen atoms in total. The maximum Gasteiger partial charge on any atom is 0.410 e. The Hall–Kier alpha value is -0.770. The smallest absolute Gasteiger partial charge is 0.410 e. The highest BCUT2D eigenvalue weighted by molar-refractivity contribution is 5.68. The van der Waals surface area contributed by atoms with E-state index >= 15 is 0 Å². The van der Waals surface area contributed by atoms with E-state index in [-0.39, 0.29) is 6.09 Å². The summed E-state index contributed by atoms with van der Waals surface area (Å²) >= 11 is 0. The average Bonchev–Trinajstić information content (AvgIpc) is 2.61. The highest BCUT2D eigenvalue weighted by atomic mass is 16.6. The highest BCUT2D eigenvalue weighted by Crippen LogP contribution is 2.24. The Morgan fingerprint density at radius 3 is 2.44 bits per heavy atom. The minimum absolute atomic E-state index is 0.214. The molecule has 1 rings (SSSR count). The Bertz CT molecular complexity index is 248. The summed E-state index contributed by atoms with van der Waals surface area (Å²) in [6, 6.07) is 0.849. The fraction of sp³-hybridized carbons (Fsp3) is 0.917. The van der Waals surface area contributed by atoms with E-state index in [1.54, 1.807) is 4.90 Å². The van der Waals surface area contributed by atoms with Crippen LogP contribution in [-0.2, 0) is 4.74 Å². The van der Waals surface area contributed by atoms with Gasteiger partial charge in [0.1, 0.15) is 5.60 Å². The first kappa shape index (κ1) is 13.3. The summed E-state index contributed by atoms with van der Waals surface area (Å²) in [5, 5.41) is 3.26. The van der Waals surface area contributed by atoms with E-state index < -0.39 is 5.60 Å². The molecule has 1 fully saturated rings. The van der Waals surface area contributed by atoms with Crippen molar-refractivity contribution in [3.8, 4) is 0 Å². The minimum atomic E-state index is -0.410. The van der Waals surface area contributed by atoms with E-state index in [4.69, 9.17) is 4.74 Å². The number of rotatable bonds is 2. The van der Waals surface area contributed by atoms with Gasteiger partial charge in [-0.1, -0.05) is 0 Å². The molecule has 1 amide bonds. The molecular formula is C12H24N2O2. The number of nitrogens with zero attached hydrogens (tertiary/aromatic N) is 1. The second-order valence-electron chi connectivity index (χ2n) is 5.54. The van der Waals surface area contributed by atoms with Gasteiger partial charge in [0.2, 0.25) is 0 Å². The molecule has 1 saturated carbocycles. The molecule has 0 radical (unpaired) electrons. The third kappa shape index (κ3) is 3.67. The Balaban J connectivity index is 2.46. The molecule has 2 unspecified atom stereocenters. The predicted molar refractivity (Wildman–Crippen MR) is 64.5 cm³/mol. The summed E-state index contributed by atoms with van der Waals surface area (Å²) in [5.41, 5.74) is -0.410. The molecule has 0 aromatic carbocycles. The summed E-state index contributed by atoms with van der Waals surface area (Å²) in [6.45, 7) is 5.68.